The van der Waals surface area contributed by atoms with Crippen molar-refractivity contribution in [3.8, 4) is 0 Å². The van der Waals surface area contributed by atoms with Gasteiger partial charge in [-0.3, -0.25) is 10.0 Å². The van der Waals surface area contributed by atoms with E-state index < -0.39 is 5.91 Å². The molecule has 0 aliphatic heterocycles. The molecule has 54 valence electrons. The Hall–Kier alpha value is -0.610. The highest BCUT2D eigenvalue weighted by Crippen LogP contribution is 1.91. The molecule has 0 radical (unpaired) electrons. The molecule has 0 bridgehead atoms. The van der Waals surface area contributed by atoms with Gasteiger partial charge in [0.05, 0.1) is 0 Å². The number of carbonyl (C=O) groups excluding carboxylic acids is 1. The van der Waals surface area contributed by atoms with Gasteiger partial charge >= 0.3 is 0 Å². The number of carbonyl (C=O) groups is 1. The fraction of sp³-hybridized carbons (Fsp3) is 0.800. The first kappa shape index (κ1) is 8.39. The lowest BCUT2D eigenvalue weighted by Gasteiger charge is -2.04. The Bertz CT molecular complexity index is 95.0. The van der Waals surface area contributed by atoms with E-state index >= 15 is 0 Å². The Labute approximate surface area is 54.0 Å². The SMILES string of the molecule is CCC(N)CC(=O)NO. The monoisotopic (exact) mass is 132 g/mol. The van der Waals surface area contributed by atoms with Gasteiger partial charge in [-0.2, -0.15) is 0 Å². The zero-order valence-electron chi connectivity index (χ0n) is 5.42. The lowest BCUT2D eigenvalue weighted by atomic mass is 10.2. The maximum absolute atomic E-state index is 10.3. The van der Waals surface area contributed by atoms with Crippen LogP contribution < -0.4 is 11.2 Å². The second kappa shape index (κ2) is 4.29. The van der Waals surface area contributed by atoms with Crippen LogP contribution in [0.25, 0.3) is 0 Å². The summed E-state index contributed by atoms with van der Waals surface area (Å²) in [5, 5.41) is 8.02. The highest BCUT2D eigenvalue weighted by atomic mass is 16.5. The van der Waals surface area contributed by atoms with Crippen molar-refractivity contribution in [3.63, 3.8) is 0 Å². The van der Waals surface area contributed by atoms with Gasteiger partial charge in [0.25, 0.3) is 0 Å². The second-order valence-electron chi connectivity index (χ2n) is 1.91. The van der Waals surface area contributed by atoms with Crippen LogP contribution in [0.3, 0.4) is 0 Å². The van der Waals surface area contributed by atoms with Crippen molar-refractivity contribution in [2.24, 2.45) is 5.73 Å². The van der Waals surface area contributed by atoms with Gasteiger partial charge in [0, 0.05) is 12.5 Å². The normalized spacial score (nSPS) is 12.8. The molecule has 0 aromatic rings. The molecule has 9 heavy (non-hydrogen) atoms. The van der Waals surface area contributed by atoms with Gasteiger partial charge in [-0.1, -0.05) is 6.92 Å². The molecule has 0 saturated carbocycles. The molecule has 0 saturated heterocycles. The average molecular weight is 132 g/mol. The Morgan fingerprint density at radius 2 is 2.44 bits per heavy atom. The average Bonchev–Trinajstić information content (AvgIpc) is 1.87. The van der Waals surface area contributed by atoms with Crippen molar-refractivity contribution in [2.45, 2.75) is 25.8 Å². The third-order valence-corrected chi connectivity index (χ3v) is 1.10. The quantitative estimate of drug-likeness (QED) is 0.362. The summed E-state index contributed by atoms with van der Waals surface area (Å²) < 4.78 is 0. The maximum atomic E-state index is 10.3. The third kappa shape index (κ3) is 3.93. The van der Waals surface area contributed by atoms with Crippen molar-refractivity contribution in [2.75, 3.05) is 0 Å². The first-order valence-corrected chi connectivity index (χ1v) is 2.89. The van der Waals surface area contributed by atoms with E-state index in [0.717, 1.165) is 6.42 Å². The Kier molecular flexibility index (Phi) is 4.00. The molecule has 0 aromatic carbocycles. The smallest absolute Gasteiger partial charge is 0.244 e. The zero-order chi connectivity index (χ0) is 7.28. The van der Waals surface area contributed by atoms with Crippen LogP contribution >= 0.6 is 0 Å². The van der Waals surface area contributed by atoms with Crippen LogP contribution in [0.5, 0.6) is 0 Å². The van der Waals surface area contributed by atoms with Crippen LogP contribution in [0.4, 0.5) is 0 Å². The first-order valence-electron chi connectivity index (χ1n) is 2.89. The van der Waals surface area contributed by atoms with E-state index in [4.69, 9.17) is 10.9 Å². The van der Waals surface area contributed by atoms with Crippen LogP contribution in [-0.4, -0.2) is 17.2 Å². The summed E-state index contributed by atoms with van der Waals surface area (Å²) in [6, 6.07) is -0.142. The predicted molar refractivity (Wildman–Crippen MR) is 32.8 cm³/mol. The number of rotatable bonds is 3. The van der Waals surface area contributed by atoms with Crippen LogP contribution in [0.15, 0.2) is 0 Å². The summed E-state index contributed by atoms with van der Waals surface area (Å²) in [5.41, 5.74) is 6.89. The van der Waals surface area contributed by atoms with Gasteiger partial charge in [-0.05, 0) is 6.42 Å². The maximum Gasteiger partial charge on any atom is 0.244 e. The number of hydrogen-bond acceptors (Lipinski definition) is 3. The van der Waals surface area contributed by atoms with Crippen molar-refractivity contribution in [1.82, 2.24) is 5.48 Å². The Morgan fingerprint density at radius 3 is 2.78 bits per heavy atom. The van der Waals surface area contributed by atoms with E-state index in [1.807, 2.05) is 6.92 Å². The number of nitrogens with one attached hydrogen (secondary N) is 1. The second-order valence-corrected chi connectivity index (χ2v) is 1.91. The Balaban J connectivity index is 3.34. The molecule has 1 atom stereocenters. The summed E-state index contributed by atoms with van der Waals surface area (Å²) in [7, 11) is 0. The molecule has 0 aromatic heterocycles. The fourth-order valence-corrected chi connectivity index (χ4v) is 0.428. The molecule has 0 fully saturated rings. The molecule has 0 spiro atoms. The molecule has 0 heterocycles. The summed E-state index contributed by atoms with van der Waals surface area (Å²) in [5.74, 6) is -0.427. The minimum absolute atomic E-state index is 0.142. The van der Waals surface area contributed by atoms with Gasteiger partial charge in [-0.15, -0.1) is 0 Å². The van der Waals surface area contributed by atoms with Crippen LogP contribution in [0, 0.1) is 0 Å². The minimum atomic E-state index is -0.427. The Morgan fingerprint density at radius 1 is 1.89 bits per heavy atom. The molecule has 0 rings (SSSR count). The molecule has 1 amide bonds. The molecular weight excluding hydrogens is 120 g/mol. The highest BCUT2D eigenvalue weighted by Gasteiger charge is 2.04. The van der Waals surface area contributed by atoms with Crippen molar-refractivity contribution < 1.29 is 10.0 Å². The van der Waals surface area contributed by atoms with Crippen LogP contribution in [-0.2, 0) is 4.79 Å². The molecule has 4 nitrogen and oxygen atoms in total. The van der Waals surface area contributed by atoms with E-state index in [0.29, 0.717) is 0 Å². The first-order chi connectivity index (χ1) is 4.20. The molecule has 0 aliphatic rings. The van der Waals surface area contributed by atoms with Crippen LogP contribution in [0.1, 0.15) is 19.8 Å². The van der Waals surface area contributed by atoms with Gasteiger partial charge in [-0.25, -0.2) is 5.48 Å². The van der Waals surface area contributed by atoms with E-state index in [2.05, 4.69) is 0 Å². The summed E-state index contributed by atoms with van der Waals surface area (Å²) in [4.78, 5) is 10.3. The summed E-state index contributed by atoms with van der Waals surface area (Å²) in [6.45, 7) is 1.88. The number of hydroxylamine groups is 1. The molecule has 1 unspecified atom stereocenters. The van der Waals surface area contributed by atoms with E-state index in [-0.39, 0.29) is 12.5 Å². The van der Waals surface area contributed by atoms with Gasteiger partial charge in [0.2, 0.25) is 5.91 Å². The fourth-order valence-electron chi connectivity index (χ4n) is 0.428. The summed E-state index contributed by atoms with van der Waals surface area (Å²) >= 11 is 0. The standard InChI is InChI=1S/C5H12N2O2/c1-2-4(6)3-5(8)7-9/h4,9H,2-3,6H2,1H3,(H,7,8). The van der Waals surface area contributed by atoms with Gasteiger partial charge in [0.15, 0.2) is 0 Å². The third-order valence-electron chi connectivity index (χ3n) is 1.10. The largest absolute Gasteiger partial charge is 0.327 e. The van der Waals surface area contributed by atoms with Crippen molar-refractivity contribution in [3.05, 3.63) is 0 Å². The highest BCUT2D eigenvalue weighted by molar-refractivity contribution is 5.75. The molecule has 0 aliphatic carbocycles. The lowest BCUT2D eigenvalue weighted by Crippen LogP contribution is -2.29. The zero-order valence-corrected chi connectivity index (χ0v) is 5.42. The van der Waals surface area contributed by atoms with Crippen molar-refractivity contribution >= 4 is 5.91 Å². The topological polar surface area (TPSA) is 75.4 Å². The van der Waals surface area contributed by atoms with E-state index in [9.17, 15) is 4.79 Å². The minimum Gasteiger partial charge on any atom is -0.327 e. The lowest BCUT2D eigenvalue weighted by molar-refractivity contribution is -0.129. The molecule has 4 N–H and O–H groups in total. The molecule has 4 heteroatoms. The van der Waals surface area contributed by atoms with Crippen molar-refractivity contribution in [1.29, 1.82) is 0 Å². The number of nitrogens with two attached hydrogens (primary N) is 1. The van der Waals surface area contributed by atoms with Gasteiger partial charge < -0.3 is 5.73 Å². The number of hydrogen-bond donors (Lipinski definition) is 3. The van der Waals surface area contributed by atoms with Crippen LogP contribution in [0.2, 0.25) is 0 Å². The van der Waals surface area contributed by atoms with E-state index in [1.54, 1.807) is 0 Å². The van der Waals surface area contributed by atoms with Gasteiger partial charge in [0.1, 0.15) is 0 Å². The predicted octanol–water partition coefficient (Wildman–Crippen LogP) is -0.381. The summed E-state index contributed by atoms with van der Waals surface area (Å²) in [6.07, 6.45) is 0.931. The number of amides is 1. The molecular formula is C5H12N2O2. The van der Waals surface area contributed by atoms with E-state index in [1.165, 1.54) is 5.48 Å².